The van der Waals surface area contributed by atoms with Crippen LogP contribution in [-0.2, 0) is 4.79 Å². The van der Waals surface area contributed by atoms with Crippen LogP contribution in [0.2, 0.25) is 0 Å². The smallest absolute Gasteiger partial charge is 0.233 e. The standard InChI is InChI=1S/C14H27N3O2/c1-3-5-11-7-9-17(10-8-11)14(18)12(6-4-2)13(15)16-19/h11-12,19H,3-10H2,1-2H3,(H2,15,16). The molecule has 1 atom stereocenters. The lowest BCUT2D eigenvalue weighted by atomic mass is 9.91. The van der Waals surface area contributed by atoms with E-state index in [0.29, 0.717) is 6.42 Å². The maximum absolute atomic E-state index is 12.4. The minimum Gasteiger partial charge on any atom is -0.409 e. The molecule has 0 bridgehead atoms. The monoisotopic (exact) mass is 269 g/mol. The Morgan fingerprint density at radius 1 is 1.37 bits per heavy atom. The van der Waals surface area contributed by atoms with Gasteiger partial charge in [0, 0.05) is 13.1 Å². The Hall–Kier alpha value is -1.26. The van der Waals surface area contributed by atoms with Gasteiger partial charge in [0.1, 0.15) is 0 Å². The first-order valence-corrected chi connectivity index (χ1v) is 7.40. The first-order valence-electron chi connectivity index (χ1n) is 7.40. The van der Waals surface area contributed by atoms with Crippen LogP contribution in [0.25, 0.3) is 0 Å². The SMILES string of the molecule is CCCC1CCN(C(=O)C(CCC)/C(N)=N/O)CC1. The Labute approximate surface area is 115 Å². The summed E-state index contributed by atoms with van der Waals surface area (Å²) in [5, 5.41) is 11.8. The number of nitrogens with zero attached hydrogens (tertiary/aromatic N) is 2. The molecule has 1 amide bonds. The summed E-state index contributed by atoms with van der Waals surface area (Å²) in [6.45, 7) is 5.82. The molecule has 0 aromatic heterocycles. The van der Waals surface area contributed by atoms with E-state index in [9.17, 15) is 4.79 Å². The minimum absolute atomic E-state index is 0.0205. The number of carbonyl (C=O) groups is 1. The van der Waals surface area contributed by atoms with Gasteiger partial charge in [-0.25, -0.2) is 0 Å². The van der Waals surface area contributed by atoms with E-state index in [-0.39, 0.29) is 11.7 Å². The van der Waals surface area contributed by atoms with E-state index < -0.39 is 5.92 Å². The van der Waals surface area contributed by atoms with E-state index in [2.05, 4.69) is 12.1 Å². The first-order chi connectivity index (χ1) is 9.13. The molecule has 1 aliphatic rings. The lowest BCUT2D eigenvalue weighted by Gasteiger charge is -2.34. The van der Waals surface area contributed by atoms with Crippen molar-refractivity contribution in [2.75, 3.05) is 13.1 Å². The third kappa shape index (κ3) is 4.40. The maximum Gasteiger partial charge on any atom is 0.233 e. The van der Waals surface area contributed by atoms with Crippen molar-refractivity contribution in [3.05, 3.63) is 0 Å². The summed E-state index contributed by atoms with van der Waals surface area (Å²) in [5.74, 6) is 0.356. The molecule has 1 unspecified atom stereocenters. The van der Waals surface area contributed by atoms with Gasteiger partial charge in [0.05, 0.1) is 5.92 Å². The average Bonchev–Trinajstić information content (AvgIpc) is 2.44. The van der Waals surface area contributed by atoms with Crippen LogP contribution in [0, 0.1) is 11.8 Å². The quantitative estimate of drug-likeness (QED) is 0.336. The van der Waals surface area contributed by atoms with Gasteiger partial charge in [-0.1, -0.05) is 38.3 Å². The van der Waals surface area contributed by atoms with Crippen molar-refractivity contribution < 1.29 is 10.0 Å². The summed E-state index contributed by atoms with van der Waals surface area (Å²) in [5.41, 5.74) is 5.64. The Bertz CT molecular complexity index is 310. The van der Waals surface area contributed by atoms with Crippen molar-refractivity contribution in [2.24, 2.45) is 22.7 Å². The van der Waals surface area contributed by atoms with Gasteiger partial charge in [-0.05, 0) is 25.2 Å². The molecule has 3 N–H and O–H groups in total. The highest BCUT2D eigenvalue weighted by Crippen LogP contribution is 2.23. The molecule has 19 heavy (non-hydrogen) atoms. The molecular formula is C14H27N3O2. The second-order valence-electron chi connectivity index (χ2n) is 5.42. The van der Waals surface area contributed by atoms with Crippen molar-refractivity contribution in [3.63, 3.8) is 0 Å². The molecule has 0 aromatic rings. The Morgan fingerprint density at radius 2 is 2.00 bits per heavy atom. The van der Waals surface area contributed by atoms with Gasteiger partial charge in [-0.3, -0.25) is 4.79 Å². The highest BCUT2D eigenvalue weighted by Gasteiger charge is 2.29. The van der Waals surface area contributed by atoms with E-state index >= 15 is 0 Å². The number of rotatable bonds is 6. The summed E-state index contributed by atoms with van der Waals surface area (Å²) in [6, 6.07) is 0. The second-order valence-corrected chi connectivity index (χ2v) is 5.42. The zero-order chi connectivity index (χ0) is 14.3. The molecule has 110 valence electrons. The molecule has 5 heteroatoms. The number of amidine groups is 1. The van der Waals surface area contributed by atoms with E-state index in [1.54, 1.807) is 0 Å². The predicted molar refractivity (Wildman–Crippen MR) is 76.0 cm³/mol. The summed E-state index contributed by atoms with van der Waals surface area (Å²) in [6.07, 6.45) is 6.10. The number of oxime groups is 1. The van der Waals surface area contributed by atoms with Crippen LogP contribution in [-0.4, -0.2) is 34.9 Å². The van der Waals surface area contributed by atoms with E-state index in [1.165, 1.54) is 12.8 Å². The largest absolute Gasteiger partial charge is 0.409 e. The average molecular weight is 269 g/mol. The van der Waals surface area contributed by atoms with Crippen LogP contribution >= 0.6 is 0 Å². The van der Waals surface area contributed by atoms with Gasteiger partial charge in [0.15, 0.2) is 5.84 Å². The molecule has 0 aliphatic carbocycles. The highest BCUT2D eigenvalue weighted by molar-refractivity contribution is 6.02. The molecule has 1 fully saturated rings. The Balaban J connectivity index is 2.57. The van der Waals surface area contributed by atoms with Gasteiger partial charge < -0.3 is 15.8 Å². The minimum atomic E-state index is -0.460. The van der Waals surface area contributed by atoms with Crippen molar-refractivity contribution >= 4 is 11.7 Å². The van der Waals surface area contributed by atoms with Crippen molar-refractivity contribution in [2.45, 2.75) is 52.4 Å². The molecule has 1 aliphatic heterocycles. The predicted octanol–water partition coefficient (Wildman–Crippen LogP) is 2.19. The summed E-state index contributed by atoms with van der Waals surface area (Å²) in [4.78, 5) is 14.3. The molecule has 0 saturated carbocycles. The maximum atomic E-state index is 12.4. The van der Waals surface area contributed by atoms with E-state index in [0.717, 1.165) is 38.3 Å². The number of piperidine rings is 1. The fourth-order valence-corrected chi connectivity index (χ4v) is 2.83. The third-order valence-electron chi connectivity index (χ3n) is 3.97. The van der Waals surface area contributed by atoms with Crippen molar-refractivity contribution in [1.82, 2.24) is 4.90 Å². The number of nitrogens with two attached hydrogens (primary N) is 1. The van der Waals surface area contributed by atoms with Crippen molar-refractivity contribution in [1.29, 1.82) is 0 Å². The van der Waals surface area contributed by atoms with Crippen LogP contribution in [0.1, 0.15) is 52.4 Å². The van der Waals surface area contributed by atoms with E-state index in [1.807, 2.05) is 11.8 Å². The van der Waals surface area contributed by atoms with Gasteiger partial charge in [-0.2, -0.15) is 0 Å². The lowest BCUT2D eigenvalue weighted by Crippen LogP contribution is -2.45. The number of carbonyl (C=O) groups excluding carboxylic acids is 1. The summed E-state index contributed by atoms with van der Waals surface area (Å²) in [7, 11) is 0. The Morgan fingerprint density at radius 3 is 2.47 bits per heavy atom. The van der Waals surface area contributed by atoms with Crippen LogP contribution in [0.5, 0.6) is 0 Å². The van der Waals surface area contributed by atoms with Gasteiger partial charge in [0.2, 0.25) is 5.91 Å². The topological polar surface area (TPSA) is 78.9 Å². The number of likely N-dealkylation sites (tertiary alicyclic amines) is 1. The molecule has 1 saturated heterocycles. The van der Waals surface area contributed by atoms with Crippen LogP contribution < -0.4 is 5.73 Å². The fourth-order valence-electron chi connectivity index (χ4n) is 2.83. The molecule has 0 spiro atoms. The third-order valence-corrected chi connectivity index (χ3v) is 3.97. The molecule has 5 nitrogen and oxygen atoms in total. The van der Waals surface area contributed by atoms with E-state index in [4.69, 9.17) is 10.9 Å². The fraction of sp³-hybridized carbons (Fsp3) is 0.857. The Kier molecular flexibility index (Phi) is 6.67. The first kappa shape index (κ1) is 15.8. The number of hydrogen-bond donors (Lipinski definition) is 2. The molecule has 0 radical (unpaired) electrons. The summed E-state index contributed by atoms with van der Waals surface area (Å²) < 4.78 is 0. The van der Waals surface area contributed by atoms with Crippen molar-refractivity contribution in [3.8, 4) is 0 Å². The molecule has 1 rings (SSSR count). The lowest BCUT2D eigenvalue weighted by molar-refractivity contribution is -0.135. The summed E-state index contributed by atoms with van der Waals surface area (Å²) >= 11 is 0. The van der Waals surface area contributed by atoms with Crippen LogP contribution in [0.3, 0.4) is 0 Å². The number of amides is 1. The van der Waals surface area contributed by atoms with Crippen LogP contribution in [0.4, 0.5) is 0 Å². The zero-order valence-corrected chi connectivity index (χ0v) is 12.1. The number of hydrogen-bond acceptors (Lipinski definition) is 3. The van der Waals surface area contributed by atoms with Gasteiger partial charge in [-0.15, -0.1) is 0 Å². The normalized spacial score (nSPS) is 19.5. The second kappa shape index (κ2) is 8.02. The molecule has 0 aromatic carbocycles. The van der Waals surface area contributed by atoms with Gasteiger partial charge in [0.25, 0.3) is 0 Å². The molecular weight excluding hydrogens is 242 g/mol. The van der Waals surface area contributed by atoms with Gasteiger partial charge >= 0.3 is 0 Å². The highest BCUT2D eigenvalue weighted by atomic mass is 16.4. The molecule has 1 heterocycles. The zero-order valence-electron chi connectivity index (χ0n) is 12.1. The van der Waals surface area contributed by atoms with Crippen LogP contribution in [0.15, 0.2) is 5.16 Å².